The van der Waals surface area contributed by atoms with Crippen molar-refractivity contribution >= 4 is 17.6 Å². The van der Waals surface area contributed by atoms with Gasteiger partial charge in [0.1, 0.15) is 11.6 Å². The maximum absolute atomic E-state index is 12.4. The molecule has 2 aromatic rings. The standard InChI is InChI=1S/C21H22N4O3/c1-20(2,3)15-8-6-7-13(11-22)17(15)28-16-10-9-14(12-23-16)25-18(26)21(4,5)24-19(25)27/h6-10,12H,1-5H3,(H,24,27). The van der Waals surface area contributed by atoms with E-state index in [2.05, 4.69) is 16.4 Å². The largest absolute Gasteiger partial charge is 0.437 e. The third kappa shape index (κ3) is 3.41. The number of hydrogen-bond donors (Lipinski definition) is 1. The zero-order valence-corrected chi connectivity index (χ0v) is 16.5. The number of aromatic nitrogens is 1. The Morgan fingerprint density at radius 1 is 1.18 bits per heavy atom. The second-order valence-electron chi connectivity index (χ2n) is 8.20. The van der Waals surface area contributed by atoms with Crippen molar-refractivity contribution in [3.8, 4) is 17.7 Å². The van der Waals surface area contributed by atoms with Gasteiger partial charge in [0.15, 0.2) is 5.75 Å². The number of hydrogen-bond acceptors (Lipinski definition) is 5. The summed E-state index contributed by atoms with van der Waals surface area (Å²) in [5, 5.41) is 12.1. The Hall–Kier alpha value is -3.40. The zero-order chi connectivity index (χ0) is 20.7. The van der Waals surface area contributed by atoms with Gasteiger partial charge in [-0.2, -0.15) is 5.26 Å². The molecular weight excluding hydrogens is 356 g/mol. The van der Waals surface area contributed by atoms with E-state index in [1.54, 1.807) is 32.0 Å². The second kappa shape index (κ2) is 6.64. The van der Waals surface area contributed by atoms with E-state index >= 15 is 0 Å². The van der Waals surface area contributed by atoms with Crippen molar-refractivity contribution in [2.75, 3.05) is 4.90 Å². The van der Waals surface area contributed by atoms with Crippen LogP contribution >= 0.6 is 0 Å². The zero-order valence-electron chi connectivity index (χ0n) is 16.5. The lowest BCUT2D eigenvalue weighted by molar-refractivity contribution is -0.121. The number of carbonyl (C=O) groups is 2. The summed E-state index contributed by atoms with van der Waals surface area (Å²) in [5.74, 6) is 0.370. The Kier molecular flexibility index (Phi) is 4.59. The first-order valence-corrected chi connectivity index (χ1v) is 8.89. The fraction of sp³-hybridized carbons (Fsp3) is 0.333. The summed E-state index contributed by atoms with van der Waals surface area (Å²) >= 11 is 0. The molecule has 28 heavy (non-hydrogen) atoms. The molecule has 1 saturated heterocycles. The van der Waals surface area contributed by atoms with Crippen molar-refractivity contribution < 1.29 is 14.3 Å². The molecular formula is C21H22N4O3. The van der Waals surface area contributed by atoms with Crippen molar-refractivity contribution in [2.45, 2.75) is 45.6 Å². The first-order chi connectivity index (χ1) is 13.0. The average Bonchev–Trinajstić information content (AvgIpc) is 2.82. The van der Waals surface area contributed by atoms with E-state index in [0.29, 0.717) is 17.0 Å². The van der Waals surface area contributed by atoms with Gasteiger partial charge in [0, 0.05) is 11.6 Å². The van der Waals surface area contributed by atoms with Crippen LogP contribution in [-0.4, -0.2) is 22.5 Å². The van der Waals surface area contributed by atoms with E-state index in [4.69, 9.17) is 4.74 Å². The predicted molar refractivity (Wildman–Crippen MR) is 104 cm³/mol. The molecule has 0 saturated carbocycles. The van der Waals surface area contributed by atoms with E-state index in [1.165, 1.54) is 6.20 Å². The quantitative estimate of drug-likeness (QED) is 0.818. The third-order valence-electron chi connectivity index (χ3n) is 4.49. The molecule has 1 aliphatic rings. The van der Waals surface area contributed by atoms with Gasteiger partial charge in [-0.05, 0) is 31.4 Å². The van der Waals surface area contributed by atoms with Crippen LogP contribution in [0.1, 0.15) is 45.7 Å². The highest BCUT2D eigenvalue weighted by Gasteiger charge is 2.45. The molecule has 1 N–H and O–H groups in total. The molecule has 144 valence electrons. The number of amides is 3. The third-order valence-corrected chi connectivity index (χ3v) is 4.49. The highest BCUT2D eigenvalue weighted by Crippen LogP contribution is 2.36. The maximum atomic E-state index is 12.4. The number of nitrogens with one attached hydrogen (secondary N) is 1. The summed E-state index contributed by atoms with van der Waals surface area (Å²) in [6.45, 7) is 9.39. The van der Waals surface area contributed by atoms with Gasteiger partial charge in [-0.1, -0.05) is 32.9 Å². The summed E-state index contributed by atoms with van der Waals surface area (Å²) in [5.41, 5.74) is 0.459. The van der Waals surface area contributed by atoms with Crippen LogP contribution in [-0.2, 0) is 10.2 Å². The van der Waals surface area contributed by atoms with Crippen LogP contribution in [0.3, 0.4) is 0 Å². The molecule has 0 radical (unpaired) electrons. The fourth-order valence-electron chi connectivity index (χ4n) is 2.98. The number of carbonyl (C=O) groups excluding carboxylic acids is 2. The Morgan fingerprint density at radius 3 is 2.39 bits per heavy atom. The molecule has 0 unspecified atom stereocenters. The average molecular weight is 378 g/mol. The summed E-state index contributed by atoms with van der Waals surface area (Å²) in [6, 6.07) is 10.2. The first-order valence-electron chi connectivity index (χ1n) is 8.89. The van der Waals surface area contributed by atoms with Crippen LogP contribution in [0.15, 0.2) is 36.5 Å². The number of imide groups is 1. The number of para-hydroxylation sites is 1. The van der Waals surface area contributed by atoms with Gasteiger partial charge in [-0.15, -0.1) is 0 Å². The van der Waals surface area contributed by atoms with Crippen molar-refractivity contribution in [3.05, 3.63) is 47.7 Å². The van der Waals surface area contributed by atoms with Gasteiger partial charge in [-0.3, -0.25) is 4.79 Å². The molecule has 0 aliphatic carbocycles. The number of pyridine rings is 1. The number of ether oxygens (including phenoxy) is 1. The van der Waals surface area contributed by atoms with Crippen LogP contribution in [0.25, 0.3) is 0 Å². The van der Waals surface area contributed by atoms with Crippen LogP contribution in [0.5, 0.6) is 11.6 Å². The number of nitrogens with zero attached hydrogens (tertiary/aromatic N) is 3. The normalized spacial score (nSPS) is 15.9. The molecule has 2 heterocycles. The van der Waals surface area contributed by atoms with E-state index in [0.717, 1.165) is 10.5 Å². The summed E-state index contributed by atoms with van der Waals surface area (Å²) in [6.07, 6.45) is 1.40. The molecule has 7 nitrogen and oxygen atoms in total. The minimum Gasteiger partial charge on any atom is -0.437 e. The molecule has 1 aromatic heterocycles. The molecule has 0 spiro atoms. The topological polar surface area (TPSA) is 95.3 Å². The molecule has 1 fully saturated rings. The number of urea groups is 1. The SMILES string of the molecule is CC1(C)NC(=O)N(c2ccc(Oc3c(C#N)cccc3C(C)(C)C)nc2)C1=O. The lowest BCUT2D eigenvalue weighted by Crippen LogP contribution is -2.40. The van der Waals surface area contributed by atoms with Crippen LogP contribution < -0.4 is 15.0 Å². The second-order valence-corrected chi connectivity index (χ2v) is 8.20. The molecule has 0 atom stereocenters. The van der Waals surface area contributed by atoms with Crippen LogP contribution in [0.4, 0.5) is 10.5 Å². The fourth-order valence-corrected chi connectivity index (χ4v) is 2.98. The van der Waals surface area contributed by atoms with E-state index < -0.39 is 11.6 Å². The Bertz CT molecular complexity index is 982. The molecule has 1 aromatic carbocycles. The number of nitriles is 1. The minimum atomic E-state index is -0.959. The first kappa shape index (κ1) is 19.4. The smallest absolute Gasteiger partial charge is 0.329 e. The van der Waals surface area contributed by atoms with E-state index in [1.807, 2.05) is 32.9 Å². The van der Waals surface area contributed by atoms with Gasteiger partial charge in [0.05, 0.1) is 17.4 Å². The number of rotatable bonds is 3. The Labute approximate surface area is 163 Å². The van der Waals surface area contributed by atoms with Crippen LogP contribution in [0.2, 0.25) is 0 Å². The van der Waals surface area contributed by atoms with Crippen molar-refractivity contribution in [1.82, 2.24) is 10.3 Å². The van der Waals surface area contributed by atoms with Gasteiger partial charge in [0.25, 0.3) is 5.91 Å². The number of benzene rings is 1. The monoisotopic (exact) mass is 378 g/mol. The highest BCUT2D eigenvalue weighted by atomic mass is 16.5. The van der Waals surface area contributed by atoms with Gasteiger partial charge in [-0.25, -0.2) is 14.7 Å². The molecule has 3 rings (SSSR count). The van der Waals surface area contributed by atoms with E-state index in [9.17, 15) is 14.9 Å². The van der Waals surface area contributed by atoms with Gasteiger partial charge >= 0.3 is 6.03 Å². The lowest BCUT2D eigenvalue weighted by atomic mass is 9.85. The van der Waals surface area contributed by atoms with Gasteiger partial charge < -0.3 is 10.1 Å². The highest BCUT2D eigenvalue weighted by molar-refractivity contribution is 6.22. The Balaban J connectivity index is 1.92. The van der Waals surface area contributed by atoms with Crippen LogP contribution in [0, 0.1) is 11.3 Å². The predicted octanol–water partition coefficient (Wildman–Crippen LogP) is 3.88. The lowest BCUT2D eigenvalue weighted by Gasteiger charge is -2.23. The number of anilines is 1. The molecule has 1 aliphatic heterocycles. The molecule has 3 amide bonds. The summed E-state index contributed by atoms with van der Waals surface area (Å²) in [4.78, 5) is 29.8. The van der Waals surface area contributed by atoms with Crippen molar-refractivity contribution in [3.63, 3.8) is 0 Å². The van der Waals surface area contributed by atoms with Gasteiger partial charge in [0.2, 0.25) is 5.88 Å². The minimum absolute atomic E-state index is 0.228. The molecule has 0 bridgehead atoms. The molecule has 7 heteroatoms. The van der Waals surface area contributed by atoms with E-state index in [-0.39, 0.29) is 17.2 Å². The summed E-state index contributed by atoms with van der Waals surface area (Å²) < 4.78 is 5.93. The van der Waals surface area contributed by atoms with Crippen molar-refractivity contribution in [2.24, 2.45) is 0 Å². The summed E-state index contributed by atoms with van der Waals surface area (Å²) in [7, 11) is 0. The Morgan fingerprint density at radius 2 is 1.89 bits per heavy atom. The van der Waals surface area contributed by atoms with Crippen molar-refractivity contribution in [1.29, 1.82) is 5.26 Å². The maximum Gasteiger partial charge on any atom is 0.329 e.